The Morgan fingerprint density at radius 3 is 2.59 bits per heavy atom. The monoisotopic (exact) mass is 621 g/mol. The van der Waals surface area contributed by atoms with Crippen molar-refractivity contribution in [2.75, 3.05) is 27.3 Å². The molecule has 2 aromatic carbocycles. The van der Waals surface area contributed by atoms with E-state index in [4.69, 9.17) is 9.47 Å². The van der Waals surface area contributed by atoms with Crippen LogP contribution < -0.4 is 10.1 Å². The number of benzene rings is 2. The van der Waals surface area contributed by atoms with Gasteiger partial charge in [0, 0.05) is 63.6 Å². The molecule has 4 aromatic rings. The van der Waals surface area contributed by atoms with Gasteiger partial charge in [0.2, 0.25) is 0 Å². The van der Waals surface area contributed by atoms with Gasteiger partial charge in [0.15, 0.2) is 0 Å². The summed E-state index contributed by atoms with van der Waals surface area (Å²) in [5.74, 6) is -0.981. The number of ether oxygens (including phenoxy) is 2. The molecule has 4 rings (SSSR count). The molecule has 12 heteroatoms. The van der Waals surface area contributed by atoms with Gasteiger partial charge in [-0.05, 0) is 48.9 Å². The summed E-state index contributed by atoms with van der Waals surface area (Å²) in [6, 6.07) is 10.4. The zero-order valence-electron chi connectivity index (χ0n) is 26.1. The Balaban J connectivity index is 1.60. The topological polar surface area (TPSA) is 119 Å². The van der Waals surface area contributed by atoms with Gasteiger partial charge >= 0.3 is 0 Å². The van der Waals surface area contributed by atoms with E-state index in [0.29, 0.717) is 46.7 Å². The van der Waals surface area contributed by atoms with Gasteiger partial charge in [0.05, 0.1) is 36.2 Å². The highest BCUT2D eigenvalue weighted by molar-refractivity contribution is 6.76. The maximum Gasteiger partial charge on any atom is 0.254 e. The van der Waals surface area contributed by atoms with Crippen LogP contribution in [0.15, 0.2) is 48.8 Å². The number of pyridine rings is 1. The average Bonchev–Trinajstić information content (AvgIpc) is 3.43. The Morgan fingerprint density at radius 2 is 1.91 bits per heavy atom. The van der Waals surface area contributed by atoms with Crippen LogP contribution in [0.4, 0.5) is 4.39 Å². The van der Waals surface area contributed by atoms with Crippen molar-refractivity contribution in [3.05, 3.63) is 77.0 Å². The van der Waals surface area contributed by atoms with E-state index in [2.05, 4.69) is 35.0 Å². The fraction of sp³-hybridized carbons (Fsp3) is 0.375. The number of aliphatic hydroxyl groups excluding tert-OH is 1. The Hall–Kier alpha value is -4.13. The minimum Gasteiger partial charge on any atom is -0.493 e. The summed E-state index contributed by atoms with van der Waals surface area (Å²) in [6.07, 6.45) is 3.32. The smallest absolute Gasteiger partial charge is 0.254 e. The number of carbonyl (C=O) groups is 2. The van der Waals surface area contributed by atoms with Crippen LogP contribution in [0, 0.1) is 5.82 Å². The first-order chi connectivity index (χ1) is 21.0. The minimum absolute atomic E-state index is 0.0832. The summed E-state index contributed by atoms with van der Waals surface area (Å²) >= 11 is 0. The number of aliphatic hydroxyl groups is 1. The van der Waals surface area contributed by atoms with Gasteiger partial charge < -0.3 is 24.8 Å². The third-order valence-corrected chi connectivity index (χ3v) is 8.93. The number of rotatable bonds is 13. The molecular formula is C32H40FN5O5Si. The molecule has 0 atom stereocenters. The number of aromatic nitrogens is 3. The maximum absolute atomic E-state index is 14.3. The molecule has 0 aliphatic heterocycles. The van der Waals surface area contributed by atoms with Crippen LogP contribution in [0.3, 0.4) is 0 Å². The Bertz CT molecular complexity index is 1650. The van der Waals surface area contributed by atoms with E-state index in [9.17, 15) is 19.1 Å². The molecule has 0 aliphatic carbocycles. The predicted molar refractivity (Wildman–Crippen MR) is 170 cm³/mol. The number of nitrogens with zero attached hydrogens (tertiary/aromatic N) is 4. The molecule has 0 saturated heterocycles. The molecule has 44 heavy (non-hydrogen) atoms. The van der Waals surface area contributed by atoms with Gasteiger partial charge in [-0.1, -0.05) is 25.7 Å². The van der Waals surface area contributed by atoms with Gasteiger partial charge in [-0.3, -0.25) is 14.6 Å². The zero-order chi connectivity index (χ0) is 32.0. The highest BCUT2D eigenvalue weighted by Crippen LogP contribution is 2.33. The normalized spacial score (nSPS) is 11.5. The zero-order valence-corrected chi connectivity index (χ0v) is 27.1. The molecule has 0 unspecified atom stereocenters. The van der Waals surface area contributed by atoms with Crippen LogP contribution >= 0.6 is 0 Å². The molecule has 2 aromatic heterocycles. The van der Waals surface area contributed by atoms with Crippen molar-refractivity contribution >= 4 is 30.8 Å². The second-order valence-corrected chi connectivity index (χ2v) is 17.3. The molecule has 0 saturated carbocycles. The van der Waals surface area contributed by atoms with Crippen molar-refractivity contribution in [3.63, 3.8) is 0 Å². The van der Waals surface area contributed by atoms with Gasteiger partial charge in [0.25, 0.3) is 11.8 Å². The van der Waals surface area contributed by atoms with Gasteiger partial charge in [-0.25, -0.2) is 9.07 Å². The second-order valence-electron chi connectivity index (χ2n) is 11.7. The quantitative estimate of drug-likeness (QED) is 0.158. The summed E-state index contributed by atoms with van der Waals surface area (Å²) in [4.78, 5) is 31.8. The second kappa shape index (κ2) is 14.1. The van der Waals surface area contributed by atoms with E-state index in [0.717, 1.165) is 17.1 Å². The molecule has 234 valence electrons. The number of halogens is 1. The lowest BCUT2D eigenvalue weighted by Crippen LogP contribution is -2.27. The third kappa shape index (κ3) is 7.49. The lowest BCUT2D eigenvalue weighted by atomic mass is 9.99. The number of carbonyl (C=O) groups excluding carboxylic acids is 2. The number of fused-ring (bicyclic) bond motifs is 1. The van der Waals surface area contributed by atoms with Gasteiger partial charge in [-0.15, -0.1) is 0 Å². The van der Waals surface area contributed by atoms with Crippen molar-refractivity contribution in [2.24, 2.45) is 0 Å². The largest absolute Gasteiger partial charge is 0.493 e. The van der Waals surface area contributed by atoms with Crippen LogP contribution in [0.1, 0.15) is 38.9 Å². The summed E-state index contributed by atoms with van der Waals surface area (Å²) < 4.78 is 27.9. The molecule has 0 aliphatic rings. The Kier molecular flexibility index (Phi) is 10.5. The fourth-order valence-corrected chi connectivity index (χ4v) is 5.57. The number of nitrogens with one attached hydrogen (secondary N) is 1. The standard InChI is InChI=1S/C32H40FN5O5Si/c1-7-43-29-15-22(8-10-24(29)21-9-11-27(33)25(14-21)31(40)34-2)32(41)37(3)18-23-16-35-28(19-39)26-17-36-38(30(23)26)20-42-12-13-44(4,5)6/h8-11,14-17,39H,7,12-13,18-20H2,1-6H3,(H,34,40). The summed E-state index contributed by atoms with van der Waals surface area (Å²) in [5.41, 5.74) is 3.54. The van der Waals surface area contributed by atoms with E-state index >= 15 is 0 Å². The molecular weight excluding hydrogens is 581 g/mol. The molecule has 2 heterocycles. The predicted octanol–water partition coefficient (Wildman–Crippen LogP) is 5.07. The van der Waals surface area contributed by atoms with Crippen LogP contribution in [0.2, 0.25) is 25.7 Å². The van der Waals surface area contributed by atoms with Crippen LogP contribution in [0.25, 0.3) is 22.0 Å². The van der Waals surface area contributed by atoms with Crippen LogP contribution in [-0.4, -0.2) is 72.0 Å². The van der Waals surface area contributed by atoms with Crippen LogP contribution in [-0.2, 0) is 24.6 Å². The van der Waals surface area contributed by atoms with Crippen molar-refractivity contribution < 1.29 is 28.6 Å². The molecule has 0 spiro atoms. The first-order valence-electron chi connectivity index (χ1n) is 14.5. The fourth-order valence-electron chi connectivity index (χ4n) is 4.81. The van der Waals surface area contributed by atoms with Gasteiger partial charge in [0.1, 0.15) is 18.3 Å². The number of hydrogen-bond donors (Lipinski definition) is 2. The van der Waals surface area contributed by atoms with Crippen molar-refractivity contribution in [1.29, 1.82) is 0 Å². The van der Waals surface area contributed by atoms with Crippen LogP contribution in [0.5, 0.6) is 5.75 Å². The van der Waals surface area contributed by atoms with E-state index < -0.39 is 19.8 Å². The third-order valence-electron chi connectivity index (χ3n) is 7.22. The number of amides is 2. The molecule has 0 radical (unpaired) electrons. The highest BCUT2D eigenvalue weighted by Gasteiger charge is 2.21. The van der Waals surface area contributed by atoms with Crippen molar-refractivity contribution in [1.82, 2.24) is 25.0 Å². The first-order valence-corrected chi connectivity index (χ1v) is 18.2. The lowest BCUT2D eigenvalue weighted by molar-refractivity contribution is 0.0780. The first kappa shape index (κ1) is 32.8. The minimum atomic E-state index is -1.25. The number of hydrogen-bond acceptors (Lipinski definition) is 7. The molecule has 2 N–H and O–H groups in total. The summed E-state index contributed by atoms with van der Waals surface area (Å²) in [5, 5.41) is 17.5. The SMILES string of the molecule is CCOc1cc(C(=O)N(C)Cc2cnc(CO)c3cnn(COCC[Si](C)(C)C)c23)ccc1-c1ccc(F)c(C(=O)NC)c1. The Morgan fingerprint density at radius 1 is 1.14 bits per heavy atom. The molecule has 10 nitrogen and oxygen atoms in total. The lowest BCUT2D eigenvalue weighted by Gasteiger charge is -2.20. The summed E-state index contributed by atoms with van der Waals surface area (Å²) in [7, 11) is 1.89. The van der Waals surface area contributed by atoms with Crippen molar-refractivity contribution in [2.45, 2.75) is 52.5 Å². The average molecular weight is 622 g/mol. The summed E-state index contributed by atoms with van der Waals surface area (Å²) in [6.45, 7) is 9.92. The van der Waals surface area contributed by atoms with E-state index in [1.807, 2.05) is 6.92 Å². The maximum atomic E-state index is 14.3. The van der Waals surface area contributed by atoms with Crippen molar-refractivity contribution in [3.8, 4) is 16.9 Å². The van der Waals surface area contributed by atoms with E-state index in [1.54, 1.807) is 53.3 Å². The van der Waals surface area contributed by atoms with Gasteiger partial charge in [-0.2, -0.15) is 5.10 Å². The van der Waals surface area contributed by atoms with E-state index in [1.165, 1.54) is 19.2 Å². The Labute approximate surface area is 257 Å². The molecule has 0 bridgehead atoms. The molecule has 2 amide bonds. The molecule has 0 fully saturated rings. The van der Waals surface area contributed by atoms with E-state index in [-0.39, 0.29) is 31.4 Å². The highest BCUT2D eigenvalue weighted by atomic mass is 28.3.